The number of nitrogens with one attached hydrogen (secondary N) is 2. The van der Waals surface area contributed by atoms with Gasteiger partial charge >= 0.3 is 0 Å². The van der Waals surface area contributed by atoms with Crippen molar-refractivity contribution in [3.05, 3.63) is 83.7 Å². The fraction of sp³-hybridized carbons (Fsp3) is 0.100. The van der Waals surface area contributed by atoms with Crippen LogP contribution in [0.2, 0.25) is 0 Å². The first kappa shape index (κ1) is 17.3. The van der Waals surface area contributed by atoms with Crippen LogP contribution in [0.15, 0.2) is 66.9 Å². The number of anilines is 2. The lowest BCUT2D eigenvalue weighted by Crippen LogP contribution is -2.24. The Morgan fingerprint density at radius 1 is 0.962 bits per heavy atom. The van der Waals surface area contributed by atoms with Crippen molar-refractivity contribution >= 4 is 23.2 Å². The number of nitrogen functional groups attached to an aromatic ring is 1. The van der Waals surface area contributed by atoms with Gasteiger partial charge in [0.25, 0.3) is 11.8 Å². The molecule has 4 N–H and O–H groups in total. The molecule has 26 heavy (non-hydrogen) atoms. The van der Waals surface area contributed by atoms with E-state index >= 15 is 0 Å². The Labute approximate surface area is 151 Å². The van der Waals surface area contributed by atoms with Crippen LogP contribution < -0.4 is 16.4 Å². The van der Waals surface area contributed by atoms with Gasteiger partial charge in [0.05, 0.1) is 11.4 Å². The van der Waals surface area contributed by atoms with Gasteiger partial charge in [0.15, 0.2) is 0 Å². The normalized spacial score (nSPS) is 10.3. The maximum Gasteiger partial charge on any atom is 0.268 e. The predicted octanol–water partition coefficient (Wildman–Crippen LogP) is 2.79. The Bertz CT molecular complexity index is 929. The third-order valence-electron chi connectivity index (χ3n) is 4.05. The second kappa shape index (κ2) is 7.57. The lowest BCUT2D eigenvalue weighted by atomic mass is 10.1. The zero-order valence-corrected chi connectivity index (χ0v) is 14.4. The highest BCUT2D eigenvalue weighted by Crippen LogP contribution is 2.18. The molecule has 2 aromatic carbocycles. The van der Waals surface area contributed by atoms with Crippen LogP contribution in [0.4, 0.5) is 11.4 Å². The monoisotopic (exact) mass is 348 g/mol. The molecule has 2 amide bonds. The maximum absolute atomic E-state index is 12.3. The lowest BCUT2D eigenvalue weighted by Gasteiger charge is -2.09. The zero-order valence-electron chi connectivity index (χ0n) is 14.4. The van der Waals surface area contributed by atoms with Crippen LogP contribution in [0, 0.1) is 0 Å². The highest BCUT2D eigenvalue weighted by atomic mass is 16.2. The molecule has 0 atom stereocenters. The van der Waals surface area contributed by atoms with Gasteiger partial charge in [-0.15, -0.1) is 0 Å². The Kier molecular flexibility index (Phi) is 5.03. The molecule has 6 nitrogen and oxygen atoms in total. The van der Waals surface area contributed by atoms with Crippen LogP contribution in [0.3, 0.4) is 0 Å². The molecule has 3 rings (SSSR count). The summed E-state index contributed by atoms with van der Waals surface area (Å²) >= 11 is 0. The molecule has 132 valence electrons. The number of carbonyl (C=O) groups is 2. The first-order valence-electron chi connectivity index (χ1n) is 8.19. The van der Waals surface area contributed by atoms with E-state index in [4.69, 9.17) is 5.73 Å². The average molecular weight is 348 g/mol. The molecule has 0 saturated heterocycles. The van der Waals surface area contributed by atoms with Gasteiger partial charge in [-0.1, -0.05) is 24.3 Å². The summed E-state index contributed by atoms with van der Waals surface area (Å²) in [6.45, 7) is 0.386. The van der Waals surface area contributed by atoms with Crippen LogP contribution in [0.25, 0.3) is 0 Å². The number of carbonyl (C=O) groups excluding carboxylic acids is 2. The molecule has 0 radical (unpaired) electrons. The zero-order chi connectivity index (χ0) is 18.5. The van der Waals surface area contributed by atoms with E-state index in [0.29, 0.717) is 29.2 Å². The van der Waals surface area contributed by atoms with Crippen molar-refractivity contribution in [2.45, 2.75) is 6.54 Å². The third-order valence-corrected chi connectivity index (χ3v) is 4.05. The Balaban J connectivity index is 1.60. The number of hydrogen-bond acceptors (Lipinski definition) is 3. The van der Waals surface area contributed by atoms with Crippen molar-refractivity contribution < 1.29 is 9.59 Å². The summed E-state index contributed by atoms with van der Waals surface area (Å²) in [4.78, 5) is 24.4. The van der Waals surface area contributed by atoms with Gasteiger partial charge in [-0.05, 0) is 42.0 Å². The van der Waals surface area contributed by atoms with Crippen LogP contribution in [0.1, 0.15) is 26.4 Å². The number of benzene rings is 2. The maximum atomic E-state index is 12.3. The molecule has 0 bridgehead atoms. The van der Waals surface area contributed by atoms with Gasteiger partial charge in [0.2, 0.25) is 0 Å². The number of amides is 2. The Morgan fingerprint density at radius 2 is 1.69 bits per heavy atom. The molecular formula is C20H20N4O2. The number of para-hydroxylation sites is 2. The number of aryl methyl sites for hydroxylation is 1. The molecule has 0 aliphatic heterocycles. The highest BCUT2D eigenvalue weighted by Gasteiger charge is 2.10. The molecule has 0 unspecified atom stereocenters. The standard InChI is InChI=1S/C20H20N4O2/c1-24-12-4-7-18(24)20(26)22-13-14-8-10-15(11-9-14)19(25)23-17-6-3-2-5-16(17)21/h2-12H,13,21H2,1H3,(H,22,26)(H,23,25). The van der Waals surface area contributed by atoms with Crippen molar-refractivity contribution in [1.82, 2.24) is 9.88 Å². The van der Waals surface area contributed by atoms with E-state index in [9.17, 15) is 9.59 Å². The molecule has 3 aromatic rings. The summed E-state index contributed by atoms with van der Waals surface area (Å²) in [5, 5.41) is 5.65. The Hall–Kier alpha value is -3.54. The molecule has 0 fully saturated rings. The minimum Gasteiger partial charge on any atom is -0.397 e. The molecular weight excluding hydrogens is 328 g/mol. The molecule has 0 aliphatic rings. The fourth-order valence-electron chi connectivity index (χ4n) is 2.55. The number of nitrogens with zero attached hydrogens (tertiary/aromatic N) is 1. The summed E-state index contributed by atoms with van der Waals surface area (Å²) in [6.07, 6.45) is 1.82. The van der Waals surface area contributed by atoms with Crippen molar-refractivity contribution in [2.24, 2.45) is 7.05 Å². The Morgan fingerprint density at radius 3 is 2.35 bits per heavy atom. The molecule has 0 aliphatic carbocycles. The summed E-state index contributed by atoms with van der Waals surface area (Å²) in [6, 6.07) is 17.8. The van der Waals surface area contributed by atoms with Crippen LogP contribution >= 0.6 is 0 Å². The quantitative estimate of drug-likeness (QED) is 0.620. The van der Waals surface area contributed by atoms with Gasteiger partial charge in [0, 0.05) is 25.4 Å². The van der Waals surface area contributed by atoms with E-state index in [1.807, 2.05) is 43.6 Å². The minimum atomic E-state index is -0.234. The second-order valence-electron chi connectivity index (χ2n) is 5.93. The van der Waals surface area contributed by atoms with Crippen LogP contribution in [0.5, 0.6) is 0 Å². The second-order valence-corrected chi connectivity index (χ2v) is 5.93. The number of rotatable bonds is 5. The number of aromatic nitrogens is 1. The summed E-state index contributed by atoms with van der Waals surface area (Å²) in [7, 11) is 1.82. The SMILES string of the molecule is Cn1cccc1C(=O)NCc1ccc(C(=O)Nc2ccccc2N)cc1. The third kappa shape index (κ3) is 3.92. The van der Waals surface area contributed by atoms with Crippen molar-refractivity contribution in [3.8, 4) is 0 Å². The molecule has 0 saturated carbocycles. The summed E-state index contributed by atoms with van der Waals surface area (Å²) < 4.78 is 1.76. The van der Waals surface area contributed by atoms with Gasteiger partial charge in [0.1, 0.15) is 5.69 Å². The fourth-order valence-corrected chi connectivity index (χ4v) is 2.55. The summed E-state index contributed by atoms with van der Waals surface area (Å²) in [5.41, 5.74) is 8.95. The number of hydrogen-bond donors (Lipinski definition) is 3. The van der Waals surface area contributed by atoms with Crippen molar-refractivity contribution in [3.63, 3.8) is 0 Å². The molecule has 0 spiro atoms. The molecule has 1 aromatic heterocycles. The predicted molar refractivity (Wildman–Crippen MR) is 102 cm³/mol. The van der Waals surface area contributed by atoms with Gasteiger partial charge in [-0.25, -0.2) is 0 Å². The first-order valence-corrected chi connectivity index (χ1v) is 8.19. The van der Waals surface area contributed by atoms with E-state index in [1.165, 1.54) is 0 Å². The smallest absolute Gasteiger partial charge is 0.268 e. The largest absolute Gasteiger partial charge is 0.397 e. The van der Waals surface area contributed by atoms with Gasteiger partial charge < -0.3 is 20.9 Å². The molecule has 1 heterocycles. The lowest BCUT2D eigenvalue weighted by molar-refractivity contribution is 0.0942. The van der Waals surface area contributed by atoms with Gasteiger partial charge in [-0.3, -0.25) is 9.59 Å². The minimum absolute atomic E-state index is 0.140. The van der Waals surface area contributed by atoms with E-state index in [2.05, 4.69) is 10.6 Å². The van der Waals surface area contributed by atoms with Crippen molar-refractivity contribution in [1.29, 1.82) is 0 Å². The van der Waals surface area contributed by atoms with E-state index in [-0.39, 0.29) is 11.8 Å². The topological polar surface area (TPSA) is 89.2 Å². The van der Waals surface area contributed by atoms with Crippen LogP contribution in [-0.4, -0.2) is 16.4 Å². The van der Waals surface area contributed by atoms with Crippen molar-refractivity contribution in [2.75, 3.05) is 11.1 Å². The number of nitrogens with two attached hydrogens (primary N) is 1. The van der Waals surface area contributed by atoms with Crippen LogP contribution in [-0.2, 0) is 13.6 Å². The average Bonchev–Trinajstić information content (AvgIpc) is 3.08. The van der Waals surface area contributed by atoms with E-state index < -0.39 is 0 Å². The van der Waals surface area contributed by atoms with E-state index in [0.717, 1.165) is 5.56 Å². The van der Waals surface area contributed by atoms with Gasteiger partial charge in [-0.2, -0.15) is 0 Å². The van der Waals surface area contributed by atoms with E-state index in [1.54, 1.807) is 34.9 Å². The molecule has 6 heteroatoms. The highest BCUT2D eigenvalue weighted by molar-refractivity contribution is 6.05. The first-order chi connectivity index (χ1) is 12.5. The summed E-state index contributed by atoms with van der Waals surface area (Å²) in [5.74, 6) is -0.374.